The van der Waals surface area contributed by atoms with Crippen LogP contribution in [0.15, 0.2) is 0 Å². The summed E-state index contributed by atoms with van der Waals surface area (Å²) in [5.74, 6) is -2.41. The number of hydrogen-bond donors (Lipinski definition) is 0. The third-order valence-corrected chi connectivity index (χ3v) is 2.45. The van der Waals surface area contributed by atoms with E-state index in [0.717, 1.165) is 0 Å². The van der Waals surface area contributed by atoms with Crippen molar-refractivity contribution in [2.24, 2.45) is 0 Å². The molecule has 0 amide bonds. The monoisotopic (exact) mass is 148 g/mol. The highest BCUT2D eigenvalue weighted by molar-refractivity contribution is 4.98. The summed E-state index contributed by atoms with van der Waals surface area (Å²) in [5, 5.41) is 0. The van der Waals surface area contributed by atoms with E-state index in [9.17, 15) is 8.78 Å². The zero-order chi connectivity index (χ0) is 7.24. The second kappa shape index (κ2) is 1.70. The van der Waals surface area contributed by atoms with Gasteiger partial charge in [-0.2, -0.15) is 0 Å². The van der Waals surface area contributed by atoms with Crippen molar-refractivity contribution >= 4 is 0 Å². The summed E-state index contributed by atoms with van der Waals surface area (Å²) in [5.41, 5.74) is -0.0956. The topological polar surface area (TPSA) is 12.5 Å². The van der Waals surface area contributed by atoms with E-state index < -0.39 is 5.92 Å². The largest absolute Gasteiger partial charge is 0.370 e. The summed E-state index contributed by atoms with van der Waals surface area (Å²) in [6.07, 6.45) is 1.15. The molecule has 0 aromatic carbocycles. The lowest BCUT2D eigenvalue weighted by Gasteiger charge is -2.25. The van der Waals surface area contributed by atoms with E-state index in [2.05, 4.69) is 0 Å². The predicted octanol–water partition coefficient (Wildman–Crippen LogP) is 1.96. The lowest BCUT2D eigenvalue weighted by atomic mass is 9.87. The van der Waals surface area contributed by atoms with Crippen molar-refractivity contribution in [1.82, 2.24) is 0 Å². The van der Waals surface area contributed by atoms with Gasteiger partial charge in [0.05, 0.1) is 12.2 Å². The standard InChI is InChI=1S/C7H10F2O/c8-7(9)3-1-6(2-4-7)5-10-6/h1-5H2. The van der Waals surface area contributed by atoms with Crippen molar-refractivity contribution in [3.05, 3.63) is 0 Å². The molecule has 3 heteroatoms. The molecule has 1 spiro atoms. The molecular weight excluding hydrogens is 138 g/mol. The molecule has 1 aliphatic carbocycles. The molecule has 1 nitrogen and oxygen atoms in total. The van der Waals surface area contributed by atoms with Crippen LogP contribution in [0.3, 0.4) is 0 Å². The molecule has 58 valence electrons. The lowest BCUT2D eigenvalue weighted by molar-refractivity contribution is -0.0507. The first-order chi connectivity index (χ1) is 4.62. The first-order valence-electron chi connectivity index (χ1n) is 3.64. The molecule has 0 radical (unpaired) electrons. The van der Waals surface area contributed by atoms with Gasteiger partial charge in [-0.3, -0.25) is 0 Å². The van der Waals surface area contributed by atoms with E-state index >= 15 is 0 Å². The third kappa shape index (κ3) is 1.03. The zero-order valence-corrected chi connectivity index (χ0v) is 5.70. The van der Waals surface area contributed by atoms with Crippen LogP contribution < -0.4 is 0 Å². The molecule has 10 heavy (non-hydrogen) atoms. The predicted molar refractivity (Wildman–Crippen MR) is 32.1 cm³/mol. The van der Waals surface area contributed by atoms with Crippen LogP contribution in [0.4, 0.5) is 8.78 Å². The third-order valence-electron chi connectivity index (χ3n) is 2.45. The Morgan fingerprint density at radius 3 is 1.90 bits per heavy atom. The molecule has 0 aromatic rings. The Hall–Kier alpha value is -0.180. The molecule has 2 rings (SSSR count). The van der Waals surface area contributed by atoms with Crippen LogP contribution in [-0.2, 0) is 4.74 Å². The zero-order valence-electron chi connectivity index (χ0n) is 5.70. The molecular formula is C7H10F2O. The van der Waals surface area contributed by atoms with Gasteiger partial charge in [0.15, 0.2) is 0 Å². The van der Waals surface area contributed by atoms with Crippen LogP contribution in [0, 0.1) is 0 Å². The SMILES string of the molecule is FC1(F)CCC2(CC1)CO2. The summed E-state index contributed by atoms with van der Waals surface area (Å²) in [7, 11) is 0. The van der Waals surface area contributed by atoms with E-state index in [0.29, 0.717) is 19.4 Å². The second-order valence-corrected chi connectivity index (χ2v) is 3.33. The van der Waals surface area contributed by atoms with E-state index in [1.165, 1.54) is 0 Å². The molecule has 2 fully saturated rings. The van der Waals surface area contributed by atoms with Gasteiger partial charge in [0, 0.05) is 12.8 Å². The Labute approximate surface area is 58.4 Å². The Bertz CT molecular complexity index is 134. The first kappa shape index (κ1) is 6.53. The lowest BCUT2D eigenvalue weighted by Crippen LogP contribution is -2.29. The summed E-state index contributed by atoms with van der Waals surface area (Å²) < 4.78 is 30.1. The van der Waals surface area contributed by atoms with Crippen LogP contribution in [-0.4, -0.2) is 18.1 Å². The van der Waals surface area contributed by atoms with Crippen molar-refractivity contribution in [2.45, 2.75) is 37.2 Å². The van der Waals surface area contributed by atoms with Crippen molar-refractivity contribution in [1.29, 1.82) is 0 Å². The van der Waals surface area contributed by atoms with Gasteiger partial charge in [-0.25, -0.2) is 8.78 Å². The van der Waals surface area contributed by atoms with Crippen LogP contribution in [0.1, 0.15) is 25.7 Å². The first-order valence-corrected chi connectivity index (χ1v) is 3.64. The number of epoxide rings is 1. The number of ether oxygens (including phenoxy) is 1. The van der Waals surface area contributed by atoms with Crippen LogP contribution in [0.25, 0.3) is 0 Å². The van der Waals surface area contributed by atoms with Crippen LogP contribution >= 0.6 is 0 Å². The average Bonchev–Trinajstić information content (AvgIpc) is 2.60. The van der Waals surface area contributed by atoms with Crippen molar-refractivity contribution in [3.63, 3.8) is 0 Å². The molecule has 0 unspecified atom stereocenters. The van der Waals surface area contributed by atoms with Crippen LogP contribution in [0.2, 0.25) is 0 Å². The van der Waals surface area contributed by atoms with Crippen LogP contribution in [0.5, 0.6) is 0 Å². The normalized spacial score (nSPS) is 34.2. The van der Waals surface area contributed by atoms with Gasteiger partial charge < -0.3 is 4.74 Å². The highest BCUT2D eigenvalue weighted by atomic mass is 19.3. The van der Waals surface area contributed by atoms with E-state index in [4.69, 9.17) is 4.74 Å². The molecule has 0 N–H and O–H groups in total. The maximum Gasteiger partial charge on any atom is 0.248 e. The maximum absolute atomic E-state index is 12.5. The molecule has 1 saturated carbocycles. The van der Waals surface area contributed by atoms with E-state index in [-0.39, 0.29) is 18.4 Å². The molecule has 1 saturated heterocycles. The maximum atomic E-state index is 12.5. The minimum Gasteiger partial charge on any atom is -0.370 e. The second-order valence-electron chi connectivity index (χ2n) is 3.33. The molecule has 2 aliphatic rings. The average molecular weight is 148 g/mol. The summed E-state index contributed by atoms with van der Waals surface area (Å²) in [6, 6.07) is 0. The molecule has 1 heterocycles. The smallest absolute Gasteiger partial charge is 0.248 e. The minimum atomic E-state index is -2.41. The van der Waals surface area contributed by atoms with E-state index in [1.807, 2.05) is 0 Å². The van der Waals surface area contributed by atoms with Gasteiger partial charge in [-0.1, -0.05) is 0 Å². The summed E-state index contributed by atoms with van der Waals surface area (Å²) >= 11 is 0. The van der Waals surface area contributed by atoms with Gasteiger partial charge in [-0.05, 0) is 12.8 Å². The van der Waals surface area contributed by atoms with Crippen molar-refractivity contribution in [3.8, 4) is 0 Å². The Balaban J connectivity index is 1.95. The minimum absolute atomic E-state index is 0.0208. The van der Waals surface area contributed by atoms with Gasteiger partial charge in [0.1, 0.15) is 0 Å². The summed E-state index contributed by atoms with van der Waals surface area (Å²) in [4.78, 5) is 0. The van der Waals surface area contributed by atoms with Gasteiger partial charge in [0.25, 0.3) is 0 Å². The Kier molecular flexibility index (Phi) is 1.11. The molecule has 0 bridgehead atoms. The van der Waals surface area contributed by atoms with Gasteiger partial charge in [-0.15, -0.1) is 0 Å². The fourth-order valence-corrected chi connectivity index (χ4v) is 1.46. The number of alkyl halides is 2. The number of hydrogen-bond acceptors (Lipinski definition) is 1. The highest BCUT2D eigenvalue weighted by Gasteiger charge is 2.51. The summed E-state index contributed by atoms with van der Waals surface area (Å²) in [6.45, 7) is 0.711. The Morgan fingerprint density at radius 2 is 1.50 bits per heavy atom. The fourth-order valence-electron chi connectivity index (χ4n) is 1.46. The quantitative estimate of drug-likeness (QED) is 0.478. The number of halogens is 2. The van der Waals surface area contributed by atoms with Gasteiger partial charge >= 0.3 is 0 Å². The number of rotatable bonds is 0. The van der Waals surface area contributed by atoms with Gasteiger partial charge in [0.2, 0.25) is 5.92 Å². The molecule has 0 atom stereocenters. The molecule has 1 aliphatic heterocycles. The van der Waals surface area contributed by atoms with Crippen molar-refractivity contribution in [2.75, 3.05) is 6.61 Å². The van der Waals surface area contributed by atoms with E-state index in [1.54, 1.807) is 0 Å². The van der Waals surface area contributed by atoms with Crippen molar-refractivity contribution < 1.29 is 13.5 Å². The fraction of sp³-hybridized carbons (Fsp3) is 1.00. The Morgan fingerprint density at radius 1 is 1.00 bits per heavy atom. The molecule has 0 aromatic heterocycles. The highest BCUT2D eigenvalue weighted by Crippen LogP contribution is 2.46.